The molecule has 1 aliphatic rings. The van der Waals surface area contributed by atoms with Gasteiger partial charge >= 0.3 is 5.97 Å². The fourth-order valence-electron chi connectivity index (χ4n) is 4.27. The molecule has 0 saturated heterocycles. The quantitative estimate of drug-likeness (QED) is 0.293. The number of aliphatic hydroxyl groups excluding tert-OH is 1. The molecule has 0 unspecified atom stereocenters. The number of aromatic carboxylic acids is 1. The van der Waals surface area contributed by atoms with E-state index in [2.05, 4.69) is 10.0 Å². The van der Waals surface area contributed by atoms with Crippen LogP contribution >= 0.6 is 24.0 Å². The standard InChI is InChI=1S/C26H27ClN2O6S.ClH/c1-36(33,34)29-24-10-9-22(14-23(24)26(31)32)35-21-8-6-16-5-7-20(12-18(16)13-21)28-15-25(30)17-3-2-4-19(27)11-17;/h2-4,6,8-11,13-14,20,25,28-30H,5,7,12,15H2,1H3,(H,31,32);1H/t20-,25+;/m0./s1. The first-order valence-corrected chi connectivity index (χ1v) is 13.7. The van der Waals surface area contributed by atoms with Crippen molar-refractivity contribution in [2.45, 2.75) is 31.4 Å². The zero-order chi connectivity index (χ0) is 25.9. The number of aliphatic hydroxyl groups is 1. The highest BCUT2D eigenvalue weighted by Gasteiger charge is 2.21. The van der Waals surface area contributed by atoms with Gasteiger partial charge in [-0.15, -0.1) is 12.4 Å². The number of carboxylic acid groups (broad SMARTS) is 1. The molecule has 8 nitrogen and oxygen atoms in total. The Kier molecular flexibility index (Phi) is 9.44. The van der Waals surface area contributed by atoms with Crippen molar-refractivity contribution in [2.75, 3.05) is 17.5 Å². The Labute approximate surface area is 227 Å². The van der Waals surface area contributed by atoms with Gasteiger partial charge in [0, 0.05) is 17.6 Å². The van der Waals surface area contributed by atoms with Crippen LogP contribution in [0.15, 0.2) is 60.7 Å². The molecule has 4 rings (SSSR count). The third kappa shape index (κ3) is 7.83. The summed E-state index contributed by atoms with van der Waals surface area (Å²) in [5.74, 6) is -0.444. The van der Waals surface area contributed by atoms with Gasteiger partial charge < -0.3 is 20.3 Å². The molecule has 0 heterocycles. The summed E-state index contributed by atoms with van der Waals surface area (Å²) in [5.41, 5.74) is 2.85. The molecule has 0 aliphatic heterocycles. The van der Waals surface area contributed by atoms with Crippen LogP contribution < -0.4 is 14.8 Å². The number of anilines is 1. The Morgan fingerprint density at radius 3 is 2.54 bits per heavy atom. The van der Waals surface area contributed by atoms with E-state index in [4.69, 9.17) is 16.3 Å². The van der Waals surface area contributed by atoms with Crippen LogP contribution in [0.5, 0.6) is 11.5 Å². The van der Waals surface area contributed by atoms with Crippen LogP contribution in [-0.4, -0.2) is 43.4 Å². The van der Waals surface area contributed by atoms with Crippen LogP contribution in [0.25, 0.3) is 0 Å². The van der Waals surface area contributed by atoms with E-state index in [1.807, 2.05) is 30.3 Å². The summed E-state index contributed by atoms with van der Waals surface area (Å²) < 4.78 is 31.2. The molecule has 37 heavy (non-hydrogen) atoms. The number of halogens is 2. The molecule has 198 valence electrons. The van der Waals surface area contributed by atoms with Gasteiger partial charge in [-0.1, -0.05) is 29.8 Å². The molecule has 0 bridgehead atoms. The van der Waals surface area contributed by atoms with Gasteiger partial charge in [-0.3, -0.25) is 4.72 Å². The first-order chi connectivity index (χ1) is 17.1. The molecule has 0 spiro atoms. The van der Waals surface area contributed by atoms with Crippen molar-refractivity contribution in [1.82, 2.24) is 5.32 Å². The summed E-state index contributed by atoms with van der Waals surface area (Å²) in [6.07, 6.45) is 2.87. The minimum Gasteiger partial charge on any atom is -0.478 e. The van der Waals surface area contributed by atoms with Gasteiger partial charge in [-0.05, 0) is 78.4 Å². The second-order valence-electron chi connectivity index (χ2n) is 8.84. The fraction of sp³-hybridized carbons (Fsp3) is 0.269. The van der Waals surface area contributed by atoms with E-state index in [1.54, 1.807) is 12.1 Å². The van der Waals surface area contributed by atoms with E-state index < -0.39 is 22.1 Å². The smallest absolute Gasteiger partial charge is 0.337 e. The fourth-order valence-corrected chi connectivity index (χ4v) is 5.05. The monoisotopic (exact) mass is 566 g/mol. The highest BCUT2D eigenvalue weighted by molar-refractivity contribution is 7.92. The minimum atomic E-state index is -3.63. The summed E-state index contributed by atoms with van der Waals surface area (Å²) >= 11 is 6.02. The summed E-state index contributed by atoms with van der Waals surface area (Å²) in [6, 6.07) is 17.3. The van der Waals surface area contributed by atoms with Crippen molar-refractivity contribution in [2.24, 2.45) is 0 Å². The summed E-state index contributed by atoms with van der Waals surface area (Å²) in [6.45, 7) is 0.405. The van der Waals surface area contributed by atoms with Gasteiger partial charge in [-0.25, -0.2) is 13.2 Å². The lowest BCUT2D eigenvalue weighted by Crippen LogP contribution is -2.37. The topological polar surface area (TPSA) is 125 Å². The van der Waals surface area contributed by atoms with Gasteiger partial charge in [0.1, 0.15) is 11.5 Å². The average Bonchev–Trinajstić information content (AvgIpc) is 2.82. The van der Waals surface area contributed by atoms with Crippen LogP contribution in [0.1, 0.15) is 39.6 Å². The van der Waals surface area contributed by atoms with E-state index in [9.17, 15) is 23.4 Å². The van der Waals surface area contributed by atoms with Crippen molar-refractivity contribution in [3.05, 3.63) is 87.9 Å². The second kappa shape index (κ2) is 12.1. The Bertz CT molecular complexity index is 1380. The molecule has 0 amide bonds. The number of hydrogen-bond donors (Lipinski definition) is 4. The third-order valence-corrected chi connectivity index (χ3v) is 6.82. The zero-order valence-corrected chi connectivity index (χ0v) is 22.4. The van der Waals surface area contributed by atoms with Crippen molar-refractivity contribution in [1.29, 1.82) is 0 Å². The minimum absolute atomic E-state index is 0. The number of nitrogens with one attached hydrogen (secondary N) is 2. The number of carbonyl (C=O) groups is 1. The van der Waals surface area contributed by atoms with Crippen molar-refractivity contribution >= 4 is 45.7 Å². The molecule has 0 aromatic heterocycles. The second-order valence-corrected chi connectivity index (χ2v) is 11.0. The summed E-state index contributed by atoms with van der Waals surface area (Å²) in [7, 11) is -3.63. The number of aryl methyl sites for hydroxylation is 1. The first-order valence-electron chi connectivity index (χ1n) is 11.4. The predicted molar refractivity (Wildman–Crippen MR) is 146 cm³/mol. The predicted octanol–water partition coefficient (Wildman–Crippen LogP) is 4.80. The number of hydrogen-bond acceptors (Lipinski definition) is 6. The lowest BCUT2D eigenvalue weighted by atomic mass is 9.88. The van der Waals surface area contributed by atoms with Gasteiger partial charge in [-0.2, -0.15) is 0 Å². The van der Waals surface area contributed by atoms with Crippen molar-refractivity contribution in [3.8, 4) is 11.5 Å². The number of rotatable bonds is 9. The third-order valence-electron chi connectivity index (χ3n) is 5.99. The highest BCUT2D eigenvalue weighted by Crippen LogP contribution is 2.31. The van der Waals surface area contributed by atoms with Crippen LogP contribution in [-0.2, 0) is 22.9 Å². The van der Waals surface area contributed by atoms with Crippen molar-refractivity contribution < 1.29 is 28.2 Å². The van der Waals surface area contributed by atoms with Crippen LogP contribution in [0.3, 0.4) is 0 Å². The maximum Gasteiger partial charge on any atom is 0.337 e. The number of fused-ring (bicyclic) bond motifs is 1. The van der Waals surface area contributed by atoms with Gasteiger partial charge in [0.25, 0.3) is 0 Å². The maximum absolute atomic E-state index is 11.6. The Morgan fingerprint density at radius 2 is 1.84 bits per heavy atom. The number of sulfonamides is 1. The SMILES string of the molecule is CS(=O)(=O)Nc1ccc(Oc2ccc3c(c2)C[C@@H](NC[C@@H](O)c2cccc(Cl)c2)CC3)cc1C(=O)O.Cl. The molecule has 0 saturated carbocycles. The van der Waals surface area contributed by atoms with Crippen molar-refractivity contribution in [3.63, 3.8) is 0 Å². The lowest BCUT2D eigenvalue weighted by Gasteiger charge is -2.27. The van der Waals surface area contributed by atoms with Gasteiger partial charge in [0.15, 0.2) is 0 Å². The Hall–Kier alpha value is -2.82. The largest absolute Gasteiger partial charge is 0.478 e. The highest BCUT2D eigenvalue weighted by atomic mass is 35.5. The molecule has 0 fully saturated rings. The Balaban J connectivity index is 0.00000380. The normalized spacial score (nSPS) is 15.7. The Morgan fingerprint density at radius 1 is 1.11 bits per heavy atom. The van der Waals surface area contributed by atoms with E-state index in [-0.39, 0.29) is 35.4 Å². The lowest BCUT2D eigenvalue weighted by molar-refractivity contribution is 0.0697. The molecule has 11 heteroatoms. The molecular formula is C26H28Cl2N2O6S. The van der Waals surface area contributed by atoms with Gasteiger partial charge in [0.2, 0.25) is 10.0 Å². The maximum atomic E-state index is 11.6. The zero-order valence-electron chi connectivity index (χ0n) is 20.0. The molecule has 3 aromatic carbocycles. The van der Waals surface area contributed by atoms with E-state index in [0.717, 1.165) is 36.6 Å². The average molecular weight is 567 g/mol. The van der Waals surface area contributed by atoms with E-state index >= 15 is 0 Å². The summed E-state index contributed by atoms with van der Waals surface area (Å²) in [5, 5.41) is 24.0. The number of ether oxygens (including phenoxy) is 1. The first kappa shape index (κ1) is 28.7. The molecule has 3 aromatic rings. The molecule has 2 atom stereocenters. The number of carboxylic acids is 1. The van der Waals surface area contributed by atoms with E-state index in [0.29, 0.717) is 17.3 Å². The molecule has 4 N–H and O–H groups in total. The van der Waals surface area contributed by atoms with Crippen LogP contribution in [0.2, 0.25) is 5.02 Å². The van der Waals surface area contributed by atoms with Crippen LogP contribution in [0.4, 0.5) is 5.69 Å². The number of benzene rings is 3. The molecule has 1 aliphatic carbocycles. The van der Waals surface area contributed by atoms with E-state index in [1.165, 1.54) is 23.8 Å². The summed E-state index contributed by atoms with van der Waals surface area (Å²) in [4.78, 5) is 11.6. The molecule has 0 radical (unpaired) electrons. The van der Waals surface area contributed by atoms with Crippen LogP contribution in [0, 0.1) is 0 Å². The molecular weight excluding hydrogens is 539 g/mol. The van der Waals surface area contributed by atoms with Gasteiger partial charge in [0.05, 0.1) is 23.6 Å².